The summed E-state index contributed by atoms with van der Waals surface area (Å²) in [4.78, 5) is 10.0. The fourth-order valence-electron chi connectivity index (χ4n) is 2.22. The van der Waals surface area contributed by atoms with E-state index >= 15 is 0 Å². The van der Waals surface area contributed by atoms with Gasteiger partial charge in [-0.1, -0.05) is 12.1 Å². The third-order valence-electron chi connectivity index (χ3n) is 3.12. The number of nitrogens with zero attached hydrogens (tertiary/aromatic N) is 1. The van der Waals surface area contributed by atoms with Crippen molar-refractivity contribution in [3.63, 3.8) is 0 Å². The van der Waals surface area contributed by atoms with Gasteiger partial charge in [-0.05, 0) is 18.4 Å². The van der Waals surface area contributed by atoms with Gasteiger partial charge in [-0.25, -0.2) is 8.42 Å². The SMILES string of the molecule is NC1(Cc2ccc([N+](=O)[O-])cc2)CCS(=O)(=O)C1. The van der Waals surface area contributed by atoms with Gasteiger partial charge < -0.3 is 5.73 Å². The van der Waals surface area contributed by atoms with Crippen molar-refractivity contribution in [1.29, 1.82) is 0 Å². The molecule has 7 heteroatoms. The maximum atomic E-state index is 11.4. The molecule has 2 N–H and O–H groups in total. The summed E-state index contributed by atoms with van der Waals surface area (Å²) in [6.45, 7) is 0. The standard InChI is InChI=1S/C11H14N2O4S/c12-11(5-6-18(16,17)8-11)7-9-1-3-10(4-2-9)13(14)15/h1-4H,5-8,12H2. The van der Waals surface area contributed by atoms with E-state index in [4.69, 9.17) is 5.73 Å². The Bertz CT molecular complexity index is 567. The number of hydrogen-bond acceptors (Lipinski definition) is 5. The lowest BCUT2D eigenvalue weighted by molar-refractivity contribution is -0.384. The van der Waals surface area contributed by atoms with Crippen molar-refractivity contribution < 1.29 is 13.3 Å². The van der Waals surface area contributed by atoms with E-state index in [2.05, 4.69) is 0 Å². The van der Waals surface area contributed by atoms with Gasteiger partial charge in [-0.2, -0.15) is 0 Å². The highest BCUT2D eigenvalue weighted by Crippen LogP contribution is 2.25. The summed E-state index contributed by atoms with van der Waals surface area (Å²) in [5.74, 6) is 0.105. The molecule has 1 aliphatic heterocycles. The van der Waals surface area contributed by atoms with Crippen LogP contribution in [0.25, 0.3) is 0 Å². The molecule has 0 radical (unpaired) electrons. The molecule has 1 atom stereocenters. The molecule has 0 bridgehead atoms. The Balaban J connectivity index is 2.13. The molecular weight excluding hydrogens is 256 g/mol. The van der Waals surface area contributed by atoms with Crippen molar-refractivity contribution >= 4 is 15.5 Å². The first kappa shape index (κ1) is 13.0. The van der Waals surface area contributed by atoms with Crippen molar-refractivity contribution in [2.24, 2.45) is 5.73 Å². The highest BCUT2D eigenvalue weighted by Gasteiger charge is 2.38. The zero-order chi connectivity index (χ0) is 13.4. The van der Waals surface area contributed by atoms with Crippen molar-refractivity contribution in [2.45, 2.75) is 18.4 Å². The van der Waals surface area contributed by atoms with Crippen LogP contribution in [0.3, 0.4) is 0 Å². The number of nitro benzene ring substituents is 1. The van der Waals surface area contributed by atoms with E-state index in [9.17, 15) is 18.5 Å². The van der Waals surface area contributed by atoms with E-state index in [0.717, 1.165) is 5.56 Å². The lowest BCUT2D eigenvalue weighted by atomic mass is 9.91. The van der Waals surface area contributed by atoms with Gasteiger partial charge in [-0.3, -0.25) is 10.1 Å². The van der Waals surface area contributed by atoms with Crippen LogP contribution in [0.1, 0.15) is 12.0 Å². The van der Waals surface area contributed by atoms with Gasteiger partial charge >= 0.3 is 0 Å². The van der Waals surface area contributed by atoms with Crippen molar-refractivity contribution in [2.75, 3.05) is 11.5 Å². The number of nitrogens with two attached hydrogens (primary N) is 1. The Morgan fingerprint density at radius 3 is 2.39 bits per heavy atom. The number of hydrogen-bond donors (Lipinski definition) is 1. The molecule has 1 aromatic carbocycles. The van der Waals surface area contributed by atoms with Gasteiger partial charge in [0.2, 0.25) is 0 Å². The molecule has 1 aromatic rings. The molecular formula is C11H14N2O4S. The molecule has 1 unspecified atom stereocenters. The molecule has 0 aliphatic carbocycles. The Hall–Kier alpha value is -1.47. The summed E-state index contributed by atoms with van der Waals surface area (Å²) in [6, 6.07) is 6.06. The first-order valence-electron chi connectivity index (χ1n) is 5.52. The zero-order valence-corrected chi connectivity index (χ0v) is 10.5. The highest BCUT2D eigenvalue weighted by atomic mass is 32.2. The summed E-state index contributed by atoms with van der Waals surface area (Å²) in [7, 11) is -3.03. The number of non-ortho nitro benzene ring substituents is 1. The molecule has 1 fully saturated rings. The van der Waals surface area contributed by atoms with E-state index in [1.54, 1.807) is 12.1 Å². The molecule has 0 amide bonds. The largest absolute Gasteiger partial charge is 0.324 e. The molecule has 6 nitrogen and oxygen atoms in total. The minimum atomic E-state index is -3.03. The lowest BCUT2D eigenvalue weighted by Crippen LogP contribution is -2.43. The van der Waals surface area contributed by atoms with E-state index in [0.29, 0.717) is 12.8 Å². The Morgan fingerprint density at radius 2 is 1.94 bits per heavy atom. The summed E-state index contributed by atoms with van der Waals surface area (Å²) >= 11 is 0. The van der Waals surface area contributed by atoms with Crippen LogP contribution in [-0.4, -0.2) is 30.4 Å². The molecule has 1 aliphatic rings. The van der Waals surface area contributed by atoms with Crippen molar-refractivity contribution in [1.82, 2.24) is 0 Å². The number of nitro groups is 1. The van der Waals surface area contributed by atoms with Crippen LogP contribution >= 0.6 is 0 Å². The second-order valence-electron chi connectivity index (χ2n) is 4.80. The molecule has 1 heterocycles. The second-order valence-corrected chi connectivity index (χ2v) is 6.99. The van der Waals surface area contributed by atoms with E-state index in [1.807, 2.05) is 0 Å². The fraction of sp³-hybridized carbons (Fsp3) is 0.455. The lowest BCUT2D eigenvalue weighted by Gasteiger charge is -2.21. The van der Waals surface area contributed by atoms with E-state index in [1.165, 1.54) is 12.1 Å². The van der Waals surface area contributed by atoms with Crippen LogP contribution in [0.4, 0.5) is 5.69 Å². The molecule has 2 rings (SSSR count). The van der Waals surface area contributed by atoms with Crippen LogP contribution in [0.5, 0.6) is 0 Å². The summed E-state index contributed by atoms with van der Waals surface area (Å²) in [5.41, 5.74) is 6.15. The molecule has 98 valence electrons. The Morgan fingerprint density at radius 1 is 1.33 bits per heavy atom. The summed E-state index contributed by atoms with van der Waals surface area (Å²) in [6.07, 6.45) is 0.858. The van der Waals surface area contributed by atoms with Gasteiger partial charge in [0.25, 0.3) is 5.69 Å². The van der Waals surface area contributed by atoms with Crippen LogP contribution in [0.15, 0.2) is 24.3 Å². The van der Waals surface area contributed by atoms with Gasteiger partial charge in [0.05, 0.1) is 16.4 Å². The smallest absolute Gasteiger partial charge is 0.269 e. The van der Waals surface area contributed by atoms with Crippen LogP contribution < -0.4 is 5.73 Å². The molecule has 0 saturated carbocycles. The normalized spacial score (nSPS) is 26.1. The molecule has 0 spiro atoms. The van der Waals surface area contributed by atoms with E-state index in [-0.39, 0.29) is 17.2 Å². The maximum absolute atomic E-state index is 11.4. The number of rotatable bonds is 3. The quantitative estimate of drug-likeness (QED) is 0.641. The number of sulfone groups is 1. The van der Waals surface area contributed by atoms with Gasteiger partial charge in [-0.15, -0.1) is 0 Å². The third-order valence-corrected chi connectivity index (χ3v) is 4.96. The van der Waals surface area contributed by atoms with Crippen LogP contribution in [0, 0.1) is 10.1 Å². The second kappa shape index (κ2) is 4.33. The zero-order valence-electron chi connectivity index (χ0n) is 9.70. The number of benzene rings is 1. The molecule has 1 saturated heterocycles. The van der Waals surface area contributed by atoms with E-state index < -0.39 is 20.3 Å². The predicted octanol–water partition coefficient (Wildman–Crippen LogP) is 0.653. The third kappa shape index (κ3) is 2.85. The van der Waals surface area contributed by atoms with Gasteiger partial charge in [0.15, 0.2) is 9.84 Å². The first-order chi connectivity index (χ1) is 8.30. The maximum Gasteiger partial charge on any atom is 0.269 e. The monoisotopic (exact) mass is 270 g/mol. The van der Waals surface area contributed by atoms with Gasteiger partial charge in [0.1, 0.15) is 0 Å². The fourth-order valence-corrected chi connectivity index (χ4v) is 4.21. The predicted molar refractivity (Wildman–Crippen MR) is 67.0 cm³/mol. The minimum absolute atomic E-state index is 0.0169. The Kier molecular flexibility index (Phi) is 3.12. The highest BCUT2D eigenvalue weighted by molar-refractivity contribution is 7.91. The van der Waals surface area contributed by atoms with Crippen LogP contribution in [-0.2, 0) is 16.3 Å². The van der Waals surface area contributed by atoms with Gasteiger partial charge in [0, 0.05) is 17.7 Å². The van der Waals surface area contributed by atoms with Crippen LogP contribution in [0.2, 0.25) is 0 Å². The average molecular weight is 270 g/mol. The van der Waals surface area contributed by atoms with Crippen molar-refractivity contribution in [3.8, 4) is 0 Å². The first-order valence-corrected chi connectivity index (χ1v) is 7.35. The summed E-state index contributed by atoms with van der Waals surface area (Å²) in [5, 5.41) is 10.5. The summed E-state index contributed by atoms with van der Waals surface area (Å²) < 4.78 is 22.8. The topological polar surface area (TPSA) is 103 Å². The molecule has 0 aromatic heterocycles. The molecule has 18 heavy (non-hydrogen) atoms. The Labute approximate surface area is 105 Å². The van der Waals surface area contributed by atoms with Crippen molar-refractivity contribution in [3.05, 3.63) is 39.9 Å². The minimum Gasteiger partial charge on any atom is -0.324 e. The average Bonchev–Trinajstić information content (AvgIpc) is 2.53.